The topological polar surface area (TPSA) is 65.2 Å². The van der Waals surface area contributed by atoms with Crippen molar-refractivity contribution in [1.82, 2.24) is 24.5 Å². The Bertz CT molecular complexity index is 703. The van der Waals surface area contributed by atoms with E-state index < -0.39 is 0 Å². The fourth-order valence-electron chi connectivity index (χ4n) is 2.84. The van der Waals surface area contributed by atoms with Crippen LogP contribution in [0.1, 0.15) is 24.2 Å². The number of hydrogen-bond donors (Lipinski definition) is 0. The van der Waals surface area contributed by atoms with E-state index in [1.165, 1.54) is 0 Å². The molecule has 1 amide bonds. The molecule has 1 fully saturated rings. The molecule has 124 valence electrons. The molecule has 0 saturated carbocycles. The van der Waals surface area contributed by atoms with Crippen LogP contribution in [0.15, 0.2) is 18.6 Å². The van der Waals surface area contributed by atoms with Crippen LogP contribution in [0.2, 0.25) is 0 Å². The molecule has 2 aromatic rings. The Hall–Kier alpha value is -2.15. The third-order valence-corrected chi connectivity index (χ3v) is 4.16. The minimum atomic E-state index is 0.00547. The van der Waals surface area contributed by atoms with Crippen LogP contribution in [0.3, 0.4) is 0 Å². The molecule has 0 N–H and O–H groups in total. The first-order valence-electron chi connectivity index (χ1n) is 7.89. The van der Waals surface area contributed by atoms with Crippen LogP contribution < -0.4 is 0 Å². The van der Waals surface area contributed by atoms with Crippen LogP contribution in [-0.4, -0.2) is 56.2 Å². The highest BCUT2D eigenvalue weighted by molar-refractivity contribution is 5.99. The second-order valence-electron chi connectivity index (χ2n) is 6.37. The lowest BCUT2D eigenvalue weighted by Gasteiger charge is -2.34. The zero-order valence-electron chi connectivity index (χ0n) is 14.1. The molecule has 23 heavy (non-hydrogen) atoms. The number of aryl methyl sites for hydroxylation is 2. The third-order valence-electron chi connectivity index (χ3n) is 4.16. The molecule has 0 spiro atoms. The first kappa shape index (κ1) is 15.7. The molecular formula is C16H23N5O2. The van der Waals surface area contributed by atoms with E-state index in [4.69, 9.17) is 4.74 Å². The zero-order chi connectivity index (χ0) is 16.6. The second kappa shape index (κ2) is 6.16. The Morgan fingerprint density at radius 3 is 2.74 bits per heavy atom. The second-order valence-corrected chi connectivity index (χ2v) is 6.37. The van der Waals surface area contributed by atoms with Gasteiger partial charge in [0.1, 0.15) is 5.69 Å². The summed E-state index contributed by atoms with van der Waals surface area (Å²) in [7, 11) is 3.68. The van der Waals surface area contributed by atoms with Crippen molar-refractivity contribution in [2.45, 2.75) is 20.0 Å². The Balaban J connectivity index is 1.88. The normalized spacial score (nSPS) is 18.7. The number of carbonyl (C=O) groups excluding carboxylic acids is 1. The molecule has 7 heteroatoms. The lowest BCUT2D eigenvalue weighted by Crippen LogP contribution is -2.47. The van der Waals surface area contributed by atoms with Gasteiger partial charge in [-0.05, 0) is 5.92 Å². The van der Waals surface area contributed by atoms with Gasteiger partial charge in [-0.1, -0.05) is 13.8 Å². The maximum atomic E-state index is 13.0. The van der Waals surface area contributed by atoms with Crippen molar-refractivity contribution in [2.75, 3.05) is 19.7 Å². The van der Waals surface area contributed by atoms with E-state index >= 15 is 0 Å². The molecule has 2 aromatic heterocycles. The number of ether oxygens (including phenoxy) is 1. The van der Waals surface area contributed by atoms with Gasteiger partial charge in [-0.25, -0.2) is 0 Å². The summed E-state index contributed by atoms with van der Waals surface area (Å²) < 4.78 is 9.14. The molecule has 3 rings (SSSR count). The van der Waals surface area contributed by atoms with Crippen LogP contribution in [-0.2, 0) is 18.8 Å². The fourth-order valence-corrected chi connectivity index (χ4v) is 2.84. The number of carbonyl (C=O) groups is 1. The van der Waals surface area contributed by atoms with Gasteiger partial charge in [0, 0.05) is 45.1 Å². The van der Waals surface area contributed by atoms with Gasteiger partial charge in [0.2, 0.25) is 0 Å². The zero-order valence-corrected chi connectivity index (χ0v) is 14.1. The van der Waals surface area contributed by atoms with Crippen molar-refractivity contribution in [2.24, 2.45) is 20.0 Å². The van der Waals surface area contributed by atoms with Crippen molar-refractivity contribution < 1.29 is 9.53 Å². The van der Waals surface area contributed by atoms with E-state index in [-0.39, 0.29) is 12.0 Å². The lowest BCUT2D eigenvalue weighted by atomic mass is 10.0. The molecule has 1 atom stereocenters. The number of rotatable bonds is 3. The van der Waals surface area contributed by atoms with Crippen molar-refractivity contribution in [1.29, 1.82) is 0 Å². The summed E-state index contributed by atoms with van der Waals surface area (Å²) in [6.07, 6.45) is 5.47. The summed E-state index contributed by atoms with van der Waals surface area (Å²) in [5.74, 6) is 0.392. The van der Waals surface area contributed by atoms with Crippen LogP contribution in [0.4, 0.5) is 0 Å². The Morgan fingerprint density at radius 1 is 1.30 bits per heavy atom. The van der Waals surface area contributed by atoms with Crippen LogP contribution in [0.5, 0.6) is 0 Å². The van der Waals surface area contributed by atoms with Gasteiger partial charge in [0.25, 0.3) is 5.91 Å². The molecule has 0 bridgehead atoms. The Morgan fingerprint density at radius 2 is 2.09 bits per heavy atom. The highest BCUT2D eigenvalue weighted by Crippen LogP contribution is 2.24. The SMILES string of the molecule is CC(C)C1CN(C(=O)c2cn(C)nc2-c2cnn(C)c2)CCO1. The molecular weight excluding hydrogens is 294 g/mol. The highest BCUT2D eigenvalue weighted by Gasteiger charge is 2.29. The summed E-state index contributed by atoms with van der Waals surface area (Å²) in [5, 5.41) is 8.62. The molecule has 1 saturated heterocycles. The van der Waals surface area contributed by atoms with E-state index in [2.05, 4.69) is 24.0 Å². The number of hydrogen-bond acceptors (Lipinski definition) is 4. The predicted octanol–water partition coefficient (Wildman–Crippen LogP) is 1.32. The van der Waals surface area contributed by atoms with Crippen molar-refractivity contribution in [3.8, 4) is 11.3 Å². The van der Waals surface area contributed by atoms with Gasteiger partial charge in [0.05, 0.1) is 24.5 Å². The van der Waals surface area contributed by atoms with Gasteiger partial charge in [-0.2, -0.15) is 10.2 Å². The summed E-state index contributed by atoms with van der Waals surface area (Å²) in [6, 6.07) is 0. The first-order chi connectivity index (χ1) is 11.0. The van der Waals surface area contributed by atoms with Gasteiger partial charge in [0.15, 0.2) is 0 Å². The summed E-state index contributed by atoms with van der Waals surface area (Å²) in [6.45, 7) is 6.05. The van der Waals surface area contributed by atoms with Crippen molar-refractivity contribution >= 4 is 5.91 Å². The Labute approximate surface area is 135 Å². The standard InChI is InChI=1S/C16H23N5O2/c1-11(2)14-10-21(5-6-23-14)16(22)13-9-20(4)18-15(13)12-7-17-19(3)8-12/h7-9,11,14H,5-6,10H2,1-4H3. The summed E-state index contributed by atoms with van der Waals surface area (Å²) in [5.41, 5.74) is 2.15. The molecule has 3 heterocycles. The molecule has 1 unspecified atom stereocenters. The van der Waals surface area contributed by atoms with E-state index in [0.717, 1.165) is 5.56 Å². The quantitative estimate of drug-likeness (QED) is 0.856. The van der Waals surface area contributed by atoms with Crippen LogP contribution >= 0.6 is 0 Å². The maximum Gasteiger partial charge on any atom is 0.257 e. The maximum absolute atomic E-state index is 13.0. The number of amides is 1. The van der Waals surface area contributed by atoms with E-state index in [0.29, 0.717) is 36.9 Å². The summed E-state index contributed by atoms with van der Waals surface area (Å²) >= 11 is 0. The molecule has 0 aromatic carbocycles. The van der Waals surface area contributed by atoms with Crippen LogP contribution in [0.25, 0.3) is 11.3 Å². The van der Waals surface area contributed by atoms with Crippen molar-refractivity contribution in [3.05, 3.63) is 24.2 Å². The van der Waals surface area contributed by atoms with E-state index in [1.54, 1.807) is 21.8 Å². The van der Waals surface area contributed by atoms with Gasteiger partial charge in [-0.3, -0.25) is 14.2 Å². The first-order valence-corrected chi connectivity index (χ1v) is 7.89. The number of nitrogens with zero attached hydrogens (tertiary/aromatic N) is 5. The van der Waals surface area contributed by atoms with Crippen LogP contribution in [0, 0.1) is 5.92 Å². The van der Waals surface area contributed by atoms with E-state index in [1.807, 2.05) is 25.2 Å². The average molecular weight is 317 g/mol. The number of aromatic nitrogens is 4. The lowest BCUT2D eigenvalue weighted by molar-refractivity contribution is -0.0420. The molecule has 0 aliphatic carbocycles. The highest BCUT2D eigenvalue weighted by atomic mass is 16.5. The van der Waals surface area contributed by atoms with Crippen molar-refractivity contribution in [3.63, 3.8) is 0 Å². The summed E-state index contributed by atoms with van der Waals surface area (Å²) in [4.78, 5) is 14.8. The third kappa shape index (κ3) is 3.14. The average Bonchev–Trinajstić information content (AvgIpc) is 3.12. The van der Waals surface area contributed by atoms with E-state index in [9.17, 15) is 4.79 Å². The molecule has 1 aliphatic rings. The van der Waals surface area contributed by atoms with Gasteiger partial charge < -0.3 is 9.64 Å². The number of morpholine rings is 1. The van der Waals surface area contributed by atoms with Gasteiger partial charge >= 0.3 is 0 Å². The predicted molar refractivity (Wildman–Crippen MR) is 85.9 cm³/mol. The van der Waals surface area contributed by atoms with Gasteiger partial charge in [-0.15, -0.1) is 0 Å². The monoisotopic (exact) mass is 317 g/mol. The largest absolute Gasteiger partial charge is 0.374 e. The fraction of sp³-hybridized carbons (Fsp3) is 0.562. The Kier molecular flexibility index (Phi) is 4.21. The minimum absolute atomic E-state index is 0.00547. The molecule has 0 radical (unpaired) electrons. The smallest absolute Gasteiger partial charge is 0.257 e. The molecule has 1 aliphatic heterocycles. The minimum Gasteiger partial charge on any atom is -0.374 e. The molecule has 7 nitrogen and oxygen atoms in total.